The summed E-state index contributed by atoms with van der Waals surface area (Å²) in [4.78, 5) is 34.2. The minimum Gasteiger partial charge on any atom is -0.461 e. The smallest absolute Gasteiger partial charge is 0.319 e. The third-order valence-corrected chi connectivity index (χ3v) is 2.76. The standard InChI is InChI=1S/C12H20O6S3/c1-6(19)10(13)16-4-9(18-12(15)8(3)21)5-17-11(14)7(2)20/h6-9,19-21H,4-5H2,1-3H3. The molecule has 0 saturated heterocycles. The molecule has 0 radical (unpaired) electrons. The highest BCUT2D eigenvalue weighted by atomic mass is 32.1. The second kappa shape index (κ2) is 10.2. The molecule has 0 saturated carbocycles. The van der Waals surface area contributed by atoms with Crippen molar-refractivity contribution < 1.29 is 28.6 Å². The lowest BCUT2D eigenvalue weighted by molar-refractivity contribution is -0.165. The van der Waals surface area contributed by atoms with Crippen LogP contribution in [-0.4, -0.2) is 53.0 Å². The Kier molecular flexibility index (Phi) is 9.97. The Hall–Kier alpha value is -0.540. The van der Waals surface area contributed by atoms with Crippen LogP contribution >= 0.6 is 37.9 Å². The van der Waals surface area contributed by atoms with Gasteiger partial charge in [0.1, 0.15) is 13.2 Å². The summed E-state index contributed by atoms with van der Waals surface area (Å²) in [6, 6.07) is 0. The molecule has 0 N–H and O–H groups in total. The van der Waals surface area contributed by atoms with E-state index in [1.54, 1.807) is 13.8 Å². The molecule has 3 unspecified atom stereocenters. The van der Waals surface area contributed by atoms with Crippen molar-refractivity contribution in [3.05, 3.63) is 0 Å². The fourth-order valence-electron chi connectivity index (χ4n) is 0.970. The van der Waals surface area contributed by atoms with Crippen molar-refractivity contribution in [1.29, 1.82) is 0 Å². The van der Waals surface area contributed by atoms with E-state index in [1.165, 1.54) is 6.92 Å². The van der Waals surface area contributed by atoms with Crippen LogP contribution in [0.5, 0.6) is 0 Å². The Labute approximate surface area is 140 Å². The van der Waals surface area contributed by atoms with Crippen molar-refractivity contribution in [3.8, 4) is 0 Å². The summed E-state index contributed by atoms with van der Waals surface area (Å²) in [5.74, 6) is -1.73. The predicted octanol–water partition coefficient (Wildman–Crippen LogP) is 0.939. The van der Waals surface area contributed by atoms with Crippen molar-refractivity contribution in [2.45, 2.75) is 42.6 Å². The van der Waals surface area contributed by atoms with Crippen LogP contribution in [0, 0.1) is 0 Å². The normalized spacial score (nSPS) is 16.3. The topological polar surface area (TPSA) is 78.9 Å². The predicted molar refractivity (Wildman–Crippen MR) is 87.1 cm³/mol. The zero-order valence-electron chi connectivity index (χ0n) is 12.0. The summed E-state index contributed by atoms with van der Waals surface area (Å²) in [5, 5.41) is -1.86. The van der Waals surface area contributed by atoms with E-state index in [9.17, 15) is 14.4 Å². The van der Waals surface area contributed by atoms with Crippen LogP contribution in [0.3, 0.4) is 0 Å². The van der Waals surface area contributed by atoms with E-state index in [4.69, 9.17) is 14.2 Å². The summed E-state index contributed by atoms with van der Waals surface area (Å²) >= 11 is 11.8. The Morgan fingerprint density at radius 1 is 0.762 bits per heavy atom. The fourth-order valence-corrected chi connectivity index (χ4v) is 1.18. The summed E-state index contributed by atoms with van der Waals surface area (Å²) < 4.78 is 14.9. The van der Waals surface area contributed by atoms with Gasteiger partial charge < -0.3 is 14.2 Å². The molecule has 0 spiro atoms. The molecule has 0 heterocycles. The second-order valence-corrected chi connectivity index (χ2v) is 6.67. The highest BCUT2D eigenvalue weighted by molar-refractivity contribution is 7.82. The van der Waals surface area contributed by atoms with E-state index in [2.05, 4.69) is 37.9 Å². The summed E-state index contributed by atoms with van der Waals surface area (Å²) in [6.45, 7) is 4.16. The molecule has 0 aromatic rings. The average Bonchev–Trinajstić information content (AvgIpc) is 2.40. The van der Waals surface area contributed by atoms with Gasteiger partial charge in [0.2, 0.25) is 0 Å². The van der Waals surface area contributed by atoms with Gasteiger partial charge in [0.25, 0.3) is 0 Å². The SMILES string of the molecule is CC(S)C(=O)OCC(COC(=O)C(C)S)OC(=O)C(C)S. The molecule has 0 bridgehead atoms. The lowest BCUT2D eigenvalue weighted by Gasteiger charge is -2.19. The van der Waals surface area contributed by atoms with Crippen LogP contribution in [0.25, 0.3) is 0 Å². The number of rotatable bonds is 8. The fraction of sp³-hybridized carbons (Fsp3) is 0.750. The van der Waals surface area contributed by atoms with Gasteiger partial charge in [0, 0.05) is 0 Å². The van der Waals surface area contributed by atoms with Crippen molar-refractivity contribution in [2.75, 3.05) is 13.2 Å². The van der Waals surface area contributed by atoms with Gasteiger partial charge in [-0.3, -0.25) is 14.4 Å². The summed E-state index contributed by atoms with van der Waals surface area (Å²) in [6.07, 6.45) is -0.904. The maximum absolute atomic E-state index is 11.5. The van der Waals surface area contributed by atoms with E-state index in [-0.39, 0.29) is 13.2 Å². The lowest BCUT2D eigenvalue weighted by atomic mass is 10.3. The van der Waals surface area contributed by atoms with Gasteiger partial charge in [-0.1, -0.05) is 0 Å². The van der Waals surface area contributed by atoms with E-state index < -0.39 is 39.8 Å². The first kappa shape index (κ1) is 20.5. The molecule has 122 valence electrons. The molecule has 0 aromatic carbocycles. The van der Waals surface area contributed by atoms with Crippen LogP contribution in [-0.2, 0) is 28.6 Å². The summed E-state index contributed by atoms with van der Waals surface area (Å²) in [7, 11) is 0. The Morgan fingerprint density at radius 3 is 1.38 bits per heavy atom. The Bertz CT molecular complexity index is 346. The number of esters is 3. The first-order chi connectivity index (χ1) is 9.65. The number of hydrogen-bond donors (Lipinski definition) is 3. The van der Waals surface area contributed by atoms with Crippen LogP contribution < -0.4 is 0 Å². The average molecular weight is 356 g/mol. The minimum atomic E-state index is -0.904. The molecule has 9 heteroatoms. The van der Waals surface area contributed by atoms with Crippen LogP contribution in [0.4, 0.5) is 0 Å². The van der Waals surface area contributed by atoms with Crippen molar-refractivity contribution in [3.63, 3.8) is 0 Å². The molecule has 0 rings (SSSR count). The number of carbonyl (C=O) groups is 3. The molecule has 0 aliphatic heterocycles. The lowest BCUT2D eigenvalue weighted by Crippen LogP contribution is -2.34. The first-order valence-electron chi connectivity index (χ1n) is 6.23. The number of thiol groups is 3. The maximum Gasteiger partial charge on any atom is 0.319 e. The van der Waals surface area contributed by atoms with Crippen molar-refractivity contribution >= 4 is 55.8 Å². The minimum absolute atomic E-state index is 0.232. The molecule has 0 amide bonds. The third-order valence-electron chi connectivity index (χ3n) is 2.13. The zero-order chi connectivity index (χ0) is 16.6. The monoisotopic (exact) mass is 356 g/mol. The first-order valence-corrected chi connectivity index (χ1v) is 7.78. The highest BCUT2D eigenvalue weighted by Crippen LogP contribution is 2.06. The molecule has 3 atom stereocenters. The van der Waals surface area contributed by atoms with Crippen molar-refractivity contribution in [2.24, 2.45) is 0 Å². The largest absolute Gasteiger partial charge is 0.461 e. The van der Waals surface area contributed by atoms with Gasteiger partial charge in [0.15, 0.2) is 6.10 Å². The van der Waals surface area contributed by atoms with Gasteiger partial charge in [0.05, 0.1) is 15.7 Å². The number of carbonyl (C=O) groups excluding carboxylic acids is 3. The number of hydrogen-bond acceptors (Lipinski definition) is 9. The number of ether oxygens (including phenoxy) is 3. The van der Waals surface area contributed by atoms with E-state index in [1.807, 2.05) is 0 Å². The highest BCUT2D eigenvalue weighted by Gasteiger charge is 2.22. The van der Waals surface area contributed by atoms with Gasteiger partial charge >= 0.3 is 17.9 Å². The van der Waals surface area contributed by atoms with Crippen molar-refractivity contribution in [1.82, 2.24) is 0 Å². The van der Waals surface area contributed by atoms with Crippen LogP contribution in [0.1, 0.15) is 20.8 Å². The zero-order valence-corrected chi connectivity index (χ0v) is 14.7. The van der Waals surface area contributed by atoms with E-state index >= 15 is 0 Å². The van der Waals surface area contributed by atoms with Crippen LogP contribution in [0.2, 0.25) is 0 Å². The molecule has 21 heavy (non-hydrogen) atoms. The quantitative estimate of drug-likeness (QED) is 0.341. The van der Waals surface area contributed by atoms with Gasteiger partial charge in [-0.25, -0.2) is 0 Å². The molecule has 0 aromatic heterocycles. The maximum atomic E-state index is 11.5. The molecule has 6 nitrogen and oxygen atoms in total. The molecular weight excluding hydrogens is 336 g/mol. The molecule has 0 aliphatic carbocycles. The van der Waals surface area contributed by atoms with E-state index in [0.717, 1.165) is 0 Å². The Balaban J connectivity index is 4.50. The summed E-state index contributed by atoms with van der Waals surface area (Å²) in [5.41, 5.74) is 0. The van der Waals surface area contributed by atoms with Gasteiger partial charge in [-0.15, -0.1) is 0 Å². The second-order valence-electron chi connectivity index (χ2n) is 4.35. The molecule has 0 fully saturated rings. The van der Waals surface area contributed by atoms with Crippen LogP contribution in [0.15, 0.2) is 0 Å². The van der Waals surface area contributed by atoms with Gasteiger partial charge in [-0.2, -0.15) is 37.9 Å². The van der Waals surface area contributed by atoms with E-state index in [0.29, 0.717) is 0 Å². The molecular formula is C12H20O6S3. The molecule has 0 aliphatic rings. The third kappa shape index (κ3) is 9.15. The van der Waals surface area contributed by atoms with Gasteiger partial charge in [-0.05, 0) is 20.8 Å². The Morgan fingerprint density at radius 2 is 1.10 bits per heavy atom.